The molecule has 0 bridgehead atoms. The Balaban J connectivity index is 2.08. The summed E-state index contributed by atoms with van der Waals surface area (Å²) in [5, 5.41) is 6.98. The van der Waals surface area contributed by atoms with E-state index in [9.17, 15) is 4.79 Å². The van der Waals surface area contributed by atoms with Gasteiger partial charge in [0.05, 0.1) is 0 Å². The maximum Gasteiger partial charge on any atom is 0.407 e. The fourth-order valence-corrected chi connectivity index (χ4v) is 2.97. The first kappa shape index (κ1) is 15.6. The van der Waals surface area contributed by atoms with Crippen molar-refractivity contribution in [3.63, 3.8) is 0 Å². The molecule has 0 spiro atoms. The number of rotatable bonds is 5. The van der Waals surface area contributed by atoms with Crippen molar-refractivity contribution < 1.29 is 9.53 Å². The standard InChI is InChI=1S/C13H26N2O2S/c1-10(14-9-11-6-5-7-18-11)8-15-12(16)17-13(2,3)4/h10-11,14H,5-9H2,1-4H3,(H,15,16). The number of nitrogens with one attached hydrogen (secondary N) is 2. The number of thioether (sulfide) groups is 1. The van der Waals surface area contributed by atoms with Crippen LogP contribution in [0.15, 0.2) is 0 Å². The Bertz CT molecular complexity index is 260. The molecule has 4 nitrogen and oxygen atoms in total. The lowest BCUT2D eigenvalue weighted by Crippen LogP contribution is -2.42. The predicted octanol–water partition coefficient (Wildman–Crippen LogP) is 2.38. The zero-order valence-corrected chi connectivity index (χ0v) is 12.7. The maximum atomic E-state index is 11.5. The van der Waals surface area contributed by atoms with E-state index in [1.54, 1.807) is 0 Å². The molecule has 2 atom stereocenters. The SMILES string of the molecule is CC(CNC(=O)OC(C)(C)C)NCC1CCCS1. The van der Waals surface area contributed by atoms with Crippen molar-refractivity contribution in [2.24, 2.45) is 0 Å². The average molecular weight is 274 g/mol. The summed E-state index contributed by atoms with van der Waals surface area (Å²) in [4.78, 5) is 11.5. The van der Waals surface area contributed by atoms with E-state index < -0.39 is 5.60 Å². The van der Waals surface area contributed by atoms with E-state index in [-0.39, 0.29) is 12.1 Å². The molecule has 0 aromatic heterocycles. The molecule has 2 N–H and O–H groups in total. The Hall–Kier alpha value is -0.420. The highest BCUT2D eigenvalue weighted by Crippen LogP contribution is 2.25. The fourth-order valence-electron chi connectivity index (χ4n) is 1.76. The summed E-state index contributed by atoms with van der Waals surface area (Å²) in [5.74, 6) is 1.29. The molecule has 0 aromatic rings. The molecule has 0 radical (unpaired) electrons. The molecule has 1 amide bonds. The van der Waals surface area contributed by atoms with Gasteiger partial charge in [0.2, 0.25) is 0 Å². The molecule has 1 aliphatic heterocycles. The molecule has 0 aromatic carbocycles. The van der Waals surface area contributed by atoms with Gasteiger partial charge in [0.15, 0.2) is 0 Å². The lowest BCUT2D eigenvalue weighted by molar-refractivity contribution is 0.0523. The molecule has 1 saturated heterocycles. The maximum absolute atomic E-state index is 11.5. The molecular formula is C13H26N2O2S. The van der Waals surface area contributed by atoms with Crippen LogP contribution in [0.3, 0.4) is 0 Å². The number of hydrogen-bond acceptors (Lipinski definition) is 4. The van der Waals surface area contributed by atoms with Crippen molar-refractivity contribution in [3.05, 3.63) is 0 Å². The first-order valence-electron chi connectivity index (χ1n) is 6.68. The Morgan fingerprint density at radius 3 is 2.78 bits per heavy atom. The predicted molar refractivity (Wildman–Crippen MR) is 77.2 cm³/mol. The first-order valence-corrected chi connectivity index (χ1v) is 7.73. The lowest BCUT2D eigenvalue weighted by Gasteiger charge is -2.21. The second-order valence-electron chi connectivity index (χ2n) is 5.83. The molecule has 106 valence electrons. The number of ether oxygens (including phenoxy) is 1. The zero-order chi connectivity index (χ0) is 13.6. The largest absolute Gasteiger partial charge is 0.444 e. The van der Waals surface area contributed by atoms with Gasteiger partial charge in [0.1, 0.15) is 5.60 Å². The van der Waals surface area contributed by atoms with Gasteiger partial charge in [-0.2, -0.15) is 11.8 Å². The fraction of sp³-hybridized carbons (Fsp3) is 0.923. The molecule has 5 heteroatoms. The molecule has 1 heterocycles. The second-order valence-corrected chi connectivity index (χ2v) is 7.24. The van der Waals surface area contributed by atoms with Crippen LogP contribution in [-0.2, 0) is 4.74 Å². The quantitative estimate of drug-likeness (QED) is 0.808. The van der Waals surface area contributed by atoms with Gasteiger partial charge in [-0.3, -0.25) is 0 Å². The van der Waals surface area contributed by atoms with Crippen LogP contribution in [0.1, 0.15) is 40.5 Å². The summed E-state index contributed by atoms with van der Waals surface area (Å²) < 4.78 is 5.18. The van der Waals surface area contributed by atoms with E-state index in [4.69, 9.17) is 4.74 Å². The summed E-state index contributed by atoms with van der Waals surface area (Å²) >= 11 is 2.04. The van der Waals surface area contributed by atoms with Crippen LogP contribution in [0.2, 0.25) is 0 Å². The van der Waals surface area contributed by atoms with E-state index in [1.807, 2.05) is 32.5 Å². The highest BCUT2D eigenvalue weighted by Gasteiger charge is 2.18. The molecule has 0 aliphatic carbocycles. The topological polar surface area (TPSA) is 50.4 Å². The van der Waals surface area contributed by atoms with Crippen molar-refractivity contribution in [2.45, 2.75) is 57.4 Å². The summed E-state index contributed by atoms with van der Waals surface area (Å²) in [5.41, 5.74) is -0.429. The Kier molecular flexibility index (Phi) is 6.29. The molecule has 0 saturated carbocycles. The second kappa shape index (κ2) is 7.24. The van der Waals surface area contributed by atoms with E-state index in [0.29, 0.717) is 6.54 Å². The van der Waals surface area contributed by atoms with Crippen LogP contribution >= 0.6 is 11.8 Å². The van der Waals surface area contributed by atoms with E-state index in [1.165, 1.54) is 18.6 Å². The highest BCUT2D eigenvalue weighted by atomic mass is 32.2. The van der Waals surface area contributed by atoms with Crippen LogP contribution in [-0.4, -0.2) is 41.8 Å². The zero-order valence-electron chi connectivity index (χ0n) is 11.9. The molecule has 1 aliphatic rings. The van der Waals surface area contributed by atoms with Gasteiger partial charge in [-0.25, -0.2) is 4.79 Å². The smallest absolute Gasteiger partial charge is 0.407 e. The number of amides is 1. The normalized spacial score (nSPS) is 21.7. The van der Waals surface area contributed by atoms with Gasteiger partial charge in [-0.1, -0.05) is 0 Å². The van der Waals surface area contributed by atoms with Crippen LogP contribution in [0.25, 0.3) is 0 Å². The summed E-state index contributed by atoms with van der Waals surface area (Å²) in [6.45, 7) is 9.31. The molecule has 2 unspecified atom stereocenters. The Morgan fingerprint density at radius 1 is 1.50 bits per heavy atom. The molecule has 1 fully saturated rings. The minimum Gasteiger partial charge on any atom is -0.444 e. The van der Waals surface area contributed by atoms with Gasteiger partial charge in [0.25, 0.3) is 0 Å². The van der Waals surface area contributed by atoms with Crippen molar-refractivity contribution in [1.82, 2.24) is 10.6 Å². The van der Waals surface area contributed by atoms with Crippen LogP contribution < -0.4 is 10.6 Å². The molecule has 1 rings (SSSR count). The van der Waals surface area contributed by atoms with Gasteiger partial charge in [-0.15, -0.1) is 0 Å². The minimum absolute atomic E-state index is 0.277. The third-order valence-electron chi connectivity index (χ3n) is 2.67. The van der Waals surface area contributed by atoms with E-state index in [0.717, 1.165) is 11.8 Å². The first-order chi connectivity index (χ1) is 8.37. The van der Waals surface area contributed by atoms with Crippen molar-refractivity contribution >= 4 is 17.9 Å². The number of carbonyl (C=O) groups is 1. The van der Waals surface area contributed by atoms with Crippen LogP contribution in [0, 0.1) is 0 Å². The van der Waals surface area contributed by atoms with Crippen LogP contribution in [0.5, 0.6) is 0 Å². The highest BCUT2D eigenvalue weighted by molar-refractivity contribution is 8.00. The van der Waals surface area contributed by atoms with Crippen molar-refractivity contribution in [1.29, 1.82) is 0 Å². The van der Waals surface area contributed by atoms with Gasteiger partial charge < -0.3 is 15.4 Å². The van der Waals surface area contributed by atoms with E-state index in [2.05, 4.69) is 17.6 Å². The number of carbonyl (C=O) groups excluding carboxylic acids is 1. The summed E-state index contributed by atoms with van der Waals surface area (Å²) in [6, 6.07) is 0.277. The summed E-state index contributed by atoms with van der Waals surface area (Å²) in [6.07, 6.45) is 2.30. The van der Waals surface area contributed by atoms with Crippen LogP contribution in [0.4, 0.5) is 4.79 Å². The third-order valence-corrected chi connectivity index (χ3v) is 4.07. The monoisotopic (exact) mass is 274 g/mol. The molecule has 18 heavy (non-hydrogen) atoms. The third kappa shape index (κ3) is 7.11. The van der Waals surface area contributed by atoms with E-state index >= 15 is 0 Å². The number of alkyl carbamates (subject to hydrolysis) is 1. The number of hydrogen-bond donors (Lipinski definition) is 2. The minimum atomic E-state index is -0.429. The lowest BCUT2D eigenvalue weighted by atomic mass is 10.2. The van der Waals surface area contributed by atoms with Crippen molar-refractivity contribution in [3.8, 4) is 0 Å². The average Bonchev–Trinajstić information content (AvgIpc) is 2.74. The van der Waals surface area contributed by atoms with Gasteiger partial charge in [-0.05, 0) is 46.3 Å². The van der Waals surface area contributed by atoms with Crippen molar-refractivity contribution in [2.75, 3.05) is 18.8 Å². The Morgan fingerprint density at radius 2 is 2.22 bits per heavy atom. The molecular weight excluding hydrogens is 248 g/mol. The van der Waals surface area contributed by atoms with Gasteiger partial charge >= 0.3 is 6.09 Å². The Labute approximate surface area is 115 Å². The summed E-state index contributed by atoms with van der Waals surface area (Å²) in [7, 11) is 0. The van der Waals surface area contributed by atoms with Gasteiger partial charge in [0, 0.05) is 24.4 Å².